The van der Waals surface area contributed by atoms with Crippen LogP contribution in [0, 0.1) is 11.8 Å². The molecule has 2 aromatic rings. The van der Waals surface area contributed by atoms with Crippen LogP contribution in [0.5, 0.6) is 0 Å². The third-order valence-corrected chi connectivity index (χ3v) is 7.25. The predicted octanol–water partition coefficient (Wildman–Crippen LogP) is 4.20. The van der Waals surface area contributed by atoms with Crippen molar-refractivity contribution >= 4 is 50.8 Å². The van der Waals surface area contributed by atoms with Crippen LogP contribution in [0.2, 0.25) is 10.0 Å². The number of anilines is 2. The molecule has 2 unspecified atom stereocenters. The number of carbonyl (C=O) groups is 1. The fourth-order valence-corrected chi connectivity index (χ4v) is 5.34. The maximum atomic E-state index is 12.9. The first kappa shape index (κ1) is 22.6. The number of benzene rings is 1. The topological polar surface area (TPSA) is 103 Å². The molecule has 0 aliphatic carbocycles. The van der Waals surface area contributed by atoms with Gasteiger partial charge in [0.2, 0.25) is 10.0 Å². The number of nitrogens with one attached hydrogen (secondary N) is 3. The number of urea groups is 1. The van der Waals surface area contributed by atoms with Crippen LogP contribution in [-0.4, -0.2) is 36.8 Å². The maximum Gasteiger partial charge on any atom is 0.337 e. The Morgan fingerprint density at radius 2 is 1.80 bits per heavy atom. The van der Waals surface area contributed by atoms with Crippen LogP contribution in [0.25, 0.3) is 0 Å². The van der Waals surface area contributed by atoms with Gasteiger partial charge < -0.3 is 5.32 Å². The van der Waals surface area contributed by atoms with Gasteiger partial charge in [-0.25, -0.2) is 18.2 Å². The van der Waals surface area contributed by atoms with Crippen LogP contribution in [0.4, 0.5) is 16.3 Å². The lowest BCUT2D eigenvalue weighted by atomic mass is 9.94. The second-order valence-electron chi connectivity index (χ2n) is 7.48. The highest BCUT2D eigenvalue weighted by molar-refractivity contribution is 7.89. The average molecular weight is 472 g/mol. The van der Waals surface area contributed by atoms with Crippen molar-refractivity contribution in [2.24, 2.45) is 11.8 Å². The maximum absolute atomic E-state index is 12.9. The van der Waals surface area contributed by atoms with Crippen molar-refractivity contribution in [1.82, 2.24) is 14.7 Å². The second-order valence-corrected chi connectivity index (χ2v) is 10.2. The molecule has 1 aliphatic rings. The van der Waals surface area contributed by atoms with E-state index >= 15 is 0 Å². The van der Waals surface area contributed by atoms with E-state index in [9.17, 15) is 13.2 Å². The van der Waals surface area contributed by atoms with Crippen LogP contribution in [0.1, 0.15) is 20.3 Å². The van der Waals surface area contributed by atoms with Crippen molar-refractivity contribution in [1.29, 1.82) is 0 Å². The number of hydrazine groups is 1. The molecule has 162 valence electrons. The molecule has 0 saturated carbocycles. The zero-order chi connectivity index (χ0) is 21.9. The van der Waals surface area contributed by atoms with Gasteiger partial charge in [0.1, 0.15) is 10.7 Å². The van der Waals surface area contributed by atoms with Crippen LogP contribution in [0.15, 0.2) is 41.4 Å². The molecule has 1 saturated heterocycles. The molecule has 2 atom stereocenters. The summed E-state index contributed by atoms with van der Waals surface area (Å²) in [5.74, 6) is 0.921. The van der Waals surface area contributed by atoms with Gasteiger partial charge >= 0.3 is 6.03 Å². The third kappa shape index (κ3) is 5.54. The molecule has 1 aromatic carbocycles. The van der Waals surface area contributed by atoms with Gasteiger partial charge in [0.25, 0.3) is 0 Å². The predicted molar refractivity (Wildman–Crippen MR) is 118 cm³/mol. The minimum atomic E-state index is -3.60. The molecule has 0 radical (unpaired) electrons. The van der Waals surface area contributed by atoms with Gasteiger partial charge in [-0.2, -0.15) is 4.31 Å². The van der Waals surface area contributed by atoms with Crippen molar-refractivity contribution in [2.45, 2.75) is 25.2 Å². The highest BCUT2D eigenvalue weighted by Crippen LogP contribution is 2.27. The van der Waals surface area contributed by atoms with E-state index < -0.39 is 16.1 Å². The Hall–Kier alpha value is -2.07. The molecule has 11 heteroatoms. The fraction of sp³-hybridized carbons (Fsp3) is 0.368. The first-order chi connectivity index (χ1) is 14.1. The highest BCUT2D eigenvalue weighted by Gasteiger charge is 2.31. The quantitative estimate of drug-likeness (QED) is 0.566. The largest absolute Gasteiger partial charge is 0.337 e. The number of amides is 2. The Morgan fingerprint density at radius 1 is 1.10 bits per heavy atom. The summed E-state index contributed by atoms with van der Waals surface area (Å²) in [7, 11) is -3.60. The van der Waals surface area contributed by atoms with E-state index in [0.29, 0.717) is 46.5 Å². The van der Waals surface area contributed by atoms with Gasteiger partial charge in [-0.05, 0) is 48.6 Å². The molecular formula is C19H23Cl2N5O3S. The second kappa shape index (κ2) is 9.38. The van der Waals surface area contributed by atoms with Crippen LogP contribution in [0.3, 0.4) is 0 Å². The lowest BCUT2D eigenvalue weighted by molar-refractivity contribution is 0.222. The average Bonchev–Trinajstić information content (AvgIpc) is 2.69. The minimum absolute atomic E-state index is 0.120. The van der Waals surface area contributed by atoms with Gasteiger partial charge in [-0.15, -0.1) is 0 Å². The van der Waals surface area contributed by atoms with E-state index in [-0.39, 0.29) is 4.90 Å². The molecule has 1 fully saturated rings. The SMILES string of the molecule is CC1CC(C)CN(S(=O)(=O)c2ccc(NNC(=O)Nc3ccc(Cl)c(Cl)c3)nc2)C1. The highest BCUT2D eigenvalue weighted by atomic mass is 35.5. The van der Waals surface area contributed by atoms with Gasteiger partial charge in [-0.3, -0.25) is 10.9 Å². The Morgan fingerprint density at radius 3 is 2.40 bits per heavy atom. The molecule has 30 heavy (non-hydrogen) atoms. The van der Waals surface area contributed by atoms with E-state index in [1.165, 1.54) is 28.7 Å². The zero-order valence-corrected chi connectivity index (χ0v) is 18.9. The van der Waals surface area contributed by atoms with Crippen molar-refractivity contribution in [3.05, 3.63) is 46.6 Å². The molecule has 0 bridgehead atoms. The molecule has 2 heterocycles. The van der Waals surface area contributed by atoms with Crippen molar-refractivity contribution < 1.29 is 13.2 Å². The van der Waals surface area contributed by atoms with Crippen molar-refractivity contribution in [3.8, 4) is 0 Å². The number of pyridine rings is 1. The molecule has 1 aliphatic heterocycles. The molecule has 1 aromatic heterocycles. The normalized spacial score (nSPS) is 19.9. The summed E-state index contributed by atoms with van der Waals surface area (Å²) in [5, 5.41) is 3.28. The molecule has 2 amide bonds. The summed E-state index contributed by atoms with van der Waals surface area (Å²) in [4.78, 5) is 16.2. The van der Waals surface area contributed by atoms with Crippen LogP contribution >= 0.6 is 23.2 Å². The Bertz CT molecular complexity index is 1010. The monoisotopic (exact) mass is 471 g/mol. The summed E-state index contributed by atoms with van der Waals surface area (Å²) in [6.07, 6.45) is 2.29. The van der Waals surface area contributed by atoms with E-state index in [1.54, 1.807) is 12.1 Å². The first-order valence-corrected chi connectivity index (χ1v) is 11.6. The van der Waals surface area contributed by atoms with E-state index in [0.717, 1.165) is 6.42 Å². The summed E-state index contributed by atoms with van der Waals surface area (Å²) in [5.41, 5.74) is 5.50. The number of hydrogen-bond donors (Lipinski definition) is 3. The van der Waals surface area contributed by atoms with Crippen LogP contribution in [-0.2, 0) is 10.0 Å². The van der Waals surface area contributed by atoms with Crippen LogP contribution < -0.4 is 16.2 Å². The summed E-state index contributed by atoms with van der Waals surface area (Å²) >= 11 is 11.8. The Labute approximate surface area is 186 Å². The van der Waals surface area contributed by atoms with Gasteiger partial charge in [0, 0.05) is 25.0 Å². The lowest BCUT2D eigenvalue weighted by Gasteiger charge is -2.33. The van der Waals surface area contributed by atoms with E-state index in [1.807, 2.05) is 0 Å². The van der Waals surface area contributed by atoms with E-state index in [2.05, 4.69) is 35.0 Å². The lowest BCUT2D eigenvalue weighted by Crippen LogP contribution is -2.42. The minimum Gasteiger partial charge on any atom is -0.307 e. The van der Waals surface area contributed by atoms with Gasteiger partial charge in [0.15, 0.2) is 0 Å². The number of aromatic nitrogens is 1. The summed E-state index contributed by atoms with van der Waals surface area (Å²) in [6.45, 7) is 5.11. The number of piperidine rings is 1. The molecular weight excluding hydrogens is 449 g/mol. The summed E-state index contributed by atoms with van der Waals surface area (Å²) in [6, 6.07) is 7.09. The molecule has 3 rings (SSSR count). The summed E-state index contributed by atoms with van der Waals surface area (Å²) < 4.78 is 27.3. The Balaban J connectivity index is 1.58. The number of nitrogens with zero attached hydrogens (tertiary/aromatic N) is 2. The van der Waals surface area contributed by atoms with Gasteiger partial charge in [-0.1, -0.05) is 37.0 Å². The number of carbonyl (C=O) groups excluding carboxylic acids is 1. The molecule has 8 nitrogen and oxygen atoms in total. The van der Waals surface area contributed by atoms with Crippen molar-refractivity contribution in [3.63, 3.8) is 0 Å². The molecule has 0 spiro atoms. The number of halogens is 2. The zero-order valence-electron chi connectivity index (χ0n) is 16.5. The van der Waals surface area contributed by atoms with E-state index in [4.69, 9.17) is 23.2 Å². The smallest absolute Gasteiger partial charge is 0.307 e. The van der Waals surface area contributed by atoms with Gasteiger partial charge in [0.05, 0.1) is 10.0 Å². The van der Waals surface area contributed by atoms with Crippen molar-refractivity contribution in [2.75, 3.05) is 23.8 Å². The first-order valence-electron chi connectivity index (χ1n) is 9.39. The number of rotatable bonds is 5. The number of sulfonamides is 1. The fourth-order valence-electron chi connectivity index (χ4n) is 3.41. The molecule has 3 N–H and O–H groups in total. The Kier molecular flexibility index (Phi) is 7.07. The third-order valence-electron chi connectivity index (χ3n) is 4.69. The standard InChI is InChI=1S/C19H23Cl2N5O3S/c1-12-7-13(2)11-26(10-12)30(28,29)15-4-6-18(22-9-15)24-25-19(27)23-14-3-5-16(20)17(21)8-14/h3-6,8-9,12-13H,7,10-11H2,1-2H3,(H,22,24)(H2,23,25,27). The number of hydrogen-bond acceptors (Lipinski definition) is 5.